The summed E-state index contributed by atoms with van der Waals surface area (Å²) >= 11 is 1.39. The smallest absolute Gasteiger partial charge is 0.246 e. The SMILES string of the molecule is CC[C@@H]1NC(=O)[C@H]([C@@H]2O[C@@H](Sc3ccc(OC)c(OC)c3)C[C@H]2C)N(C)C(=O)[C@H](C(C)C)N(C)C(=O)[C@H](CC(C)C)N(C)C(=O)[C@H](CC(C)C)N(C)C(=O)[C@@H](C)NC(=O)[C@H](C)NC(=O)[C@H](CC(C)C)N(C)C(=O)[C@H](C(C)C)NC(=O)[C@H](CC(C)C)N(C)C(=O)CN(C)C1=O. The molecular formula is C68H115N11O14S. The number of hydrogen-bond acceptors (Lipinski definition) is 15. The van der Waals surface area contributed by atoms with Crippen LogP contribution in [-0.2, 0) is 57.5 Å². The Labute approximate surface area is 564 Å². The van der Waals surface area contributed by atoms with E-state index in [-0.39, 0.29) is 61.7 Å². The molecule has 0 aromatic heterocycles. The van der Waals surface area contributed by atoms with Gasteiger partial charge in [-0.15, -0.1) is 0 Å². The van der Waals surface area contributed by atoms with Crippen molar-refractivity contribution >= 4 is 76.7 Å². The Morgan fingerprint density at radius 2 is 0.968 bits per heavy atom. The highest BCUT2D eigenvalue weighted by atomic mass is 32.2. The van der Waals surface area contributed by atoms with Crippen molar-refractivity contribution in [3.05, 3.63) is 18.2 Å². The standard InChI is InChI=1S/C68H115N11O14S/c1-26-46-64(86)73(17)35-53(80)74(18)47(29-36(2)3)61(83)72-55(40(10)11)67(89)75(19)48(30-37(4)5)60(82)69-43(15)59(81)70-44(16)63(85)76(20)49(31-38(6)7)65(87)77(21)50(32-39(8)9)66(88)78(22)56(41(12)13)68(90)79(23)57(62(84)71-46)58-42(14)33-54(93-58)94-45-27-28-51(91-24)52(34-45)92-25/h27-28,34,36-44,46-50,54-58H,26,29-33,35H2,1-25H3,(H,69,82)(H,70,81)(H,71,84)(H,72,83)/t42-,43+,44-,46+,47+,48+,49+,50+,54+,55+,56+,57+,58-/m1/s1. The Morgan fingerprint density at radius 1 is 0.500 bits per heavy atom. The molecule has 0 spiro atoms. The third kappa shape index (κ3) is 21.4. The number of rotatable bonds is 16. The number of carbonyl (C=O) groups excluding carboxylic acids is 11. The quantitative estimate of drug-likeness (QED) is 0.172. The van der Waals surface area contributed by atoms with E-state index in [9.17, 15) is 33.6 Å². The first-order valence-electron chi connectivity index (χ1n) is 33.3. The van der Waals surface area contributed by atoms with Gasteiger partial charge >= 0.3 is 0 Å². The molecule has 0 bridgehead atoms. The number of benzene rings is 1. The minimum absolute atomic E-state index is 0.0453. The van der Waals surface area contributed by atoms with Crippen LogP contribution in [0.2, 0.25) is 0 Å². The molecule has 0 unspecified atom stereocenters. The average molecular weight is 1340 g/mol. The summed E-state index contributed by atoms with van der Waals surface area (Å²) in [4.78, 5) is 172. The second-order valence-corrected chi connectivity index (χ2v) is 29.4. The maximum atomic E-state index is 15.6. The number of likely N-dealkylation sites (N-methyl/N-ethyl adjacent to an activating group) is 7. The normalized spacial score (nSPS) is 27.8. The predicted molar refractivity (Wildman–Crippen MR) is 362 cm³/mol. The van der Waals surface area contributed by atoms with Crippen molar-refractivity contribution in [2.75, 3.05) is 70.1 Å². The molecule has 2 saturated heterocycles. The molecule has 0 aliphatic carbocycles. The summed E-state index contributed by atoms with van der Waals surface area (Å²) in [5.41, 5.74) is -0.538. The molecule has 0 radical (unpaired) electrons. The molecule has 4 N–H and O–H groups in total. The van der Waals surface area contributed by atoms with E-state index in [2.05, 4.69) is 21.3 Å². The van der Waals surface area contributed by atoms with Crippen molar-refractivity contribution in [2.45, 2.75) is 226 Å². The van der Waals surface area contributed by atoms with Gasteiger partial charge in [-0.2, -0.15) is 0 Å². The molecule has 532 valence electrons. The predicted octanol–water partition coefficient (Wildman–Crippen LogP) is 4.87. The Kier molecular flexibility index (Phi) is 31.6. The topological polar surface area (TPSA) is 286 Å². The number of nitrogens with zero attached hydrogens (tertiary/aromatic N) is 7. The Balaban J connectivity index is 2.33. The van der Waals surface area contributed by atoms with Gasteiger partial charge in [-0.1, -0.05) is 109 Å². The summed E-state index contributed by atoms with van der Waals surface area (Å²) < 4.78 is 17.8. The first-order valence-corrected chi connectivity index (χ1v) is 34.1. The molecule has 2 aliphatic rings. The van der Waals surface area contributed by atoms with Crippen molar-refractivity contribution in [1.82, 2.24) is 55.6 Å². The molecular weight excluding hydrogens is 1230 g/mol. The van der Waals surface area contributed by atoms with E-state index in [0.29, 0.717) is 17.9 Å². The molecule has 2 heterocycles. The van der Waals surface area contributed by atoms with Crippen LogP contribution in [-0.4, -0.2) is 241 Å². The van der Waals surface area contributed by atoms with E-state index in [1.165, 1.54) is 119 Å². The fourth-order valence-electron chi connectivity index (χ4n) is 12.2. The van der Waals surface area contributed by atoms with Gasteiger partial charge in [0.1, 0.15) is 65.9 Å². The molecule has 1 aromatic carbocycles. The summed E-state index contributed by atoms with van der Waals surface area (Å²) in [5.74, 6) is -8.16. The van der Waals surface area contributed by atoms with Crippen LogP contribution in [0.25, 0.3) is 0 Å². The van der Waals surface area contributed by atoms with Gasteiger partial charge in [0, 0.05) is 54.2 Å². The number of amides is 11. The maximum Gasteiger partial charge on any atom is 0.246 e. The van der Waals surface area contributed by atoms with Crippen LogP contribution < -0.4 is 30.7 Å². The molecule has 11 amide bonds. The minimum atomic E-state index is -1.41. The number of ether oxygens (including phenoxy) is 3. The largest absolute Gasteiger partial charge is 0.493 e. The zero-order chi connectivity index (χ0) is 71.8. The van der Waals surface area contributed by atoms with Gasteiger partial charge in [0.15, 0.2) is 11.5 Å². The fraction of sp³-hybridized carbons (Fsp3) is 0.750. The molecule has 2 fully saturated rings. The third-order valence-electron chi connectivity index (χ3n) is 17.8. The summed E-state index contributed by atoms with van der Waals surface area (Å²) in [7, 11) is 13.2. The lowest BCUT2D eigenvalue weighted by Gasteiger charge is -2.41. The van der Waals surface area contributed by atoms with Crippen LogP contribution in [0.1, 0.15) is 149 Å². The molecule has 25 nitrogen and oxygen atoms in total. The second kappa shape index (κ2) is 36.4. The van der Waals surface area contributed by atoms with Crippen LogP contribution in [0.5, 0.6) is 11.5 Å². The van der Waals surface area contributed by atoms with E-state index in [1.807, 2.05) is 74.4 Å². The lowest BCUT2D eigenvalue weighted by Crippen LogP contribution is -2.63. The van der Waals surface area contributed by atoms with Gasteiger partial charge < -0.3 is 69.8 Å². The molecule has 0 saturated carbocycles. The highest BCUT2D eigenvalue weighted by molar-refractivity contribution is 7.99. The van der Waals surface area contributed by atoms with E-state index in [4.69, 9.17) is 14.2 Å². The Bertz CT molecular complexity index is 2800. The third-order valence-corrected chi connectivity index (χ3v) is 18.9. The van der Waals surface area contributed by atoms with Gasteiger partial charge in [-0.05, 0) is 112 Å². The lowest BCUT2D eigenvalue weighted by molar-refractivity contribution is -0.157. The second-order valence-electron chi connectivity index (χ2n) is 28.2. The number of methoxy groups -OCH3 is 2. The molecule has 3 rings (SSSR count). The minimum Gasteiger partial charge on any atom is -0.493 e. The van der Waals surface area contributed by atoms with Crippen LogP contribution in [0.15, 0.2) is 23.1 Å². The summed E-state index contributed by atoms with van der Waals surface area (Å²) in [6.07, 6.45) is 0.125. The monoisotopic (exact) mass is 1340 g/mol. The first-order chi connectivity index (χ1) is 43.7. The van der Waals surface area contributed by atoms with Crippen molar-refractivity contribution in [2.24, 2.45) is 41.4 Å². The van der Waals surface area contributed by atoms with Crippen molar-refractivity contribution in [3.8, 4) is 11.5 Å². The van der Waals surface area contributed by atoms with E-state index in [1.54, 1.807) is 40.7 Å². The molecule has 26 heteroatoms. The Hall–Kier alpha value is -6.70. The van der Waals surface area contributed by atoms with Crippen molar-refractivity contribution in [1.29, 1.82) is 0 Å². The van der Waals surface area contributed by atoms with Gasteiger partial charge in [-0.25, -0.2) is 0 Å². The van der Waals surface area contributed by atoms with Crippen LogP contribution in [0, 0.1) is 41.4 Å². The zero-order valence-electron chi connectivity index (χ0n) is 60.9. The Morgan fingerprint density at radius 3 is 1.46 bits per heavy atom. The molecule has 2 aliphatic heterocycles. The molecule has 1 aromatic rings. The first kappa shape index (κ1) is 81.5. The number of thioether (sulfide) groups is 1. The van der Waals surface area contributed by atoms with Crippen LogP contribution in [0.4, 0.5) is 0 Å². The number of carbonyl (C=O) groups is 11. The van der Waals surface area contributed by atoms with Gasteiger partial charge in [0.25, 0.3) is 0 Å². The highest BCUT2D eigenvalue weighted by Gasteiger charge is 2.49. The summed E-state index contributed by atoms with van der Waals surface area (Å²) in [5, 5.41) is 11.2. The van der Waals surface area contributed by atoms with Crippen molar-refractivity contribution in [3.63, 3.8) is 0 Å². The van der Waals surface area contributed by atoms with Gasteiger partial charge in [-0.3, -0.25) is 52.7 Å². The van der Waals surface area contributed by atoms with Crippen LogP contribution in [0.3, 0.4) is 0 Å². The number of hydrogen-bond donors (Lipinski definition) is 4. The fourth-order valence-corrected chi connectivity index (χ4v) is 13.4. The zero-order valence-corrected chi connectivity index (χ0v) is 61.7. The lowest BCUT2D eigenvalue weighted by atomic mass is 9.93. The van der Waals surface area contributed by atoms with E-state index >= 15 is 19.2 Å². The highest BCUT2D eigenvalue weighted by Crippen LogP contribution is 2.41. The molecule has 94 heavy (non-hydrogen) atoms. The van der Waals surface area contributed by atoms with Crippen LogP contribution >= 0.6 is 11.8 Å². The summed E-state index contributed by atoms with van der Waals surface area (Å²) in [6, 6.07) is -6.68. The van der Waals surface area contributed by atoms with Gasteiger partial charge in [0.2, 0.25) is 65.0 Å². The molecule has 13 atom stereocenters. The summed E-state index contributed by atoms with van der Waals surface area (Å²) in [6.45, 7) is 28.0. The van der Waals surface area contributed by atoms with E-state index < -0.39 is 155 Å². The number of nitrogens with one attached hydrogen (secondary N) is 4. The van der Waals surface area contributed by atoms with Crippen molar-refractivity contribution < 1.29 is 67.0 Å². The average Bonchev–Trinajstić information content (AvgIpc) is 1.35. The van der Waals surface area contributed by atoms with Gasteiger partial charge in [0.05, 0.1) is 26.9 Å². The van der Waals surface area contributed by atoms with E-state index in [0.717, 1.165) is 9.80 Å². The maximum absolute atomic E-state index is 15.6.